The van der Waals surface area contributed by atoms with Crippen LogP contribution in [0.5, 0.6) is 0 Å². The van der Waals surface area contributed by atoms with E-state index >= 15 is 0 Å². The molecular formula is C16H22N2O3. The standard InChI is InChI=1S/C16H22N2O3/c1-11-12(15(20)21)6-5-7-13(11)18-14(19)10-16(17)8-3-2-4-9-16/h5-7H,2-4,8-10,17H2,1H3,(H,18,19)(H,20,21). The van der Waals surface area contributed by atoms with Gasteiger partial charge < -0.3 is 16.2 Å². The molecule has 0 unspecified atom stereocenters. The number of hydrogen-bond donors (Lipinski definition) is 3. The van der Waals surface area contributed by atoms with Crippen LogP contribution in [0.4, 0.5) is 5.69 Å². The van der Waals surface area contributed by atoms with E-state index in [1.165, 1.54) is 12.5 Å². The molecule has 2 rings (SSSR count). The number of amides is 1. The summed E-state index contributed by atoms with van der Waals surface area (Å²) in [5.74, 6) is -1.14. The lowest BCUT2D eigenvalue weighted by atomic mass is 9.80. The summed E-state index contributed by atoms with van der Waals surface area (Å²) < 4.78 is 0. The Hall–Kier alpha value is -1.88. The second-order valence-corrected chi connectivity index (χ2v) is 5.93. The van der Waals surface area contributed by atoms with Gasteiger partial charge in [0.25, 0.3) is 0 Å². The Balaban J connectivity index is 2.06. The monoisotopic (exact) mass is 290 g/mol. The molecule has 5 heteroatoms. The van der Waals surface area contributed by atoms with Crippen molar-refractivity contribution in [3.8, 4) is 0 Å². The molecule has 1 aromatic rings. The maximum atomic E-state index is 12.2. The summed E-state index contributed by atoms with van der Waals surface area (Å²) in [4.78, 5) is 23.3. The van der Waals surface area contributed by atoms with Crippen LogP contribution in [0, 0.1) is 6.92 Å². The minimum atomic E-state index is -0.994. The molecule has 21 heavy (non-hydrogen) atoms. The number of carbonyl (C=O) groups excluding carboxylic acids is 1. The number of hydrogen-bond acceptors (Lipinski definition) is 3. The molecule has 0 bridgehead atoms. The van der Waals surface area contributed by atoms with Gasteiger partial charge in [-0.15, -0.1) is 0 Å². The molecule has 4 N–H and O–H groups in total. The molecule has 1 aliphatic rings. The van der Waals surface area contributed by atoms with Crippen molar-refractivity contribution in [1.29, 1.82) is 0 Å². The number of aromatic carboxylic acids is 1. The molecule has 5 nitrogen and oxygen atoms in total. The van der Waals surface area contributed by atoms with Crippen LogP contribution in [0.15, 0.2) is 18.2 Å². The number of benzene rings is 1. The zero-order valence-corrected chi connectivity index (χ0v) is 12.3. The highest BCUT2D eigenvalue weighted by atomic mass is 16.4. The molecule has 0 atom stereocenters. The third-order valence-electron chi connectivity index (χ3n) is 4.20. The number of carbonyl (C=O) groups is 2. The second-order valence-electron chi connectivity index (χ2n) is 5.93. The summed E-state index contributed by atoms with van der Waals surface area (Å²) in [6.45, 7) is 1.69. The largest absolute Gasteiger partial charge is 0.478 e. The SMILES string of the molecule is Cc1c(NC(=O)CC2(N)CCCCC2)cccc1C(=O)O. The van der Waals surface area contributed by atoms with Crippen LogP contribution >= 0.6 is 0 Å². The molecular weight excluding hydrogens is 268 g/mol. The fourth-order valence-electron chi connectivity index (χ4n) is 2.95. The summed E-state index contributed by atoms with van der Waals surface area (Å²) in [5, 5.41) is 11.9. The highest BCUT2D eigenvalue weighted by Gasteiger charge is 2.30. The summed E-state index contributed by atoms with van der Waals surface area (Å²) in [6, 6.07) is 4.87. The summed E-state index contributed by atoms with van der Waals surface area (Å²) >= 11 is 0. The van der Waals surface area contributed by atoms with Gasteiger partial charge >= 0.3 is 5.97 Å². The topological polar surface area (TPSA) is 92.4 Å². The van der Waals surface area contributed by atoms with Crippen LogP contribution in [-0.2, 0) is 4.79 Å². The molecule has 0 spiro atoms. The lowest BCUT2D eigenvalue weighted by molar-refractivity contribution is -0.117. The van der Waals surface area contributed by atoms with Crippen molar-refractivity contribution in [3.05, 3.63) is 29.3 Å². The highest BCUT2D eigenvalue weighted by Crippen LogP contribution is 2.29. The average molecular weight is 290 g/mol. The van der Waals surface area contributed by atoms with E-state index in [4.69, 9.17) is 10.8 Å². The van der Waals surface area contributed by atoms with Crippen molar-refractivity contribution in [2.45, 2.75) is 51.0 Å². The van der Waals surface area contributed by atoms with E-state index < -0.39 is 11.5 Å². The van der Waals surface area contributed by atoms with Crippen molar-refractivity contribution >= 4 is 17.6 Å². The maximum absolute atomic E-state index is 12.2. The van der Waals surface area contributed by atoms with E-state index in [-0.39, 0.29) is 17.9 Å². The Labute approximate surface area is 124 Å². The van der Waals surface area contributed by atoms with Crippen LogP contribution in [0.3, 0.4) is 0 Å². The fraction of sp³-hybridized carbons (Fsp3) is 0.500. The fourth-order valence-corrected chi connectivity index (χ4v) is 2.95. The van der Waals surface area contributed by atoms with Crippen molar-refractivity contribution in [3.63, 3.8) is 0 Å². The first kappa shape index (κ1) is 15.5. The number of carboxylic acid groups (broad SMARTS) is 1. The van der Waals surface area contributed by atoms with Gasteiger partial charge in [0.1, 0.15) is 0 Å². The molecule has 0 saturated heterocycles. The van der Waals surface area contributed by atoms with Crippen molar-refractivity contribution in [1.82, 2.24) is 0 Å². The van der Waals surface area contributed by atoms with Gasteiger partial charge in [0.15, 0.2) is 0 Å². The van der Waals surface area contributed by atoms with Gasteiger partial charge in [-0.1, -0.05) is 25.3 Å². The third kappa shape index (κ3) is 3.82. The number of rotatable bonds is 4. The average Bonchev–Trinajstić information content (AvgIpc) is 2.41. The summed E-state index contributed by atoms with van der Waals surface area (Å²) in [7, 11) is 0. The molecule has 1 aromatic carbocycles. The van der Waals surface area contributed by atoms with Crippen LogP contribution < -0.4 is 11.1 Å². The third-order valence-corrected chi connectivity index (χ3v) is 4.20. The Morgan fingerprint density at radius 3 is 2.57 bits per heavy atom. The zero-order chi connectivity index (χ0) is 15.5. The van der Waals surface area contributed by atoms with E-state index in [2.05, 4.69) is 5.32 Å². The van der Waals surface area contributed by atoms with Crippen LogP contribution in [-0.4, -0.2) is 22.5 Å². The molecule has 1 aliphatic carbocycles. The molecule has 1 saturated carbocycles. The molecule has 0 heterocycles. The Bertz CT molecular complexity index is 548. The Morgan fingerprint density at radius 2 is 1.95 bits per heavy atom. The lowest BCUT2D eigenvalue weighted by Crippen LogP contribution is -2.44. The van der Waals surface area contributed by atoms with Gasteiger partial charge in [0.05, 0.1) is 5.56 Å². The maximum Gasteiger partial charge on any atom is 0.336 e. The van der Waals surface area contributed by atoms with Gasteiger partial charge in [-0.2, -0.15) is 0 Å². The number of nitrogens with two attached hydrogens (primary N) is 1. The van der Waals surface area contributed by atoms with E-state index in [0.29, 0.717) is 11.3 Å². The Morgan fingerprint density at radius 1 is 1.29 bits per heavy atom. The summed E-state index contributed by atoms with van der Waals surface area (Å²) in [5.41, 5.74) is 7.16. The lowest BCUT2D eigenvalue weighted by Gasteiger charge is -2.32. The van der Waals surface area contributed by atoms with Crippen molar-refractivity contribution in [2.75, 3.05) is 5.32 Å². The van der Waals surface area contributed by atoms with Gasteiger partial charge in [-0.05, 0) is 37.5 Å². The summed E-state index contributed by atoms with van der Waals surface area (Å²) in [6.07, 6.45) is 5.34. The van der Waals surface area contributed by atoms with Crippen molar-refractivity contribution < 1.29 is 14.7 Å². The molecule has 1 fully saturated rings. The highest BCUT2D eigenvalue weighted by molar-refractivity contribution is 5.96. The first-order valence-corrected chi connectivity index (χ1v) is 7.33. The molecule has 1 amide bonds. The number of carboxylic acids is 1. The van der Waals surface area contributed by atoms with Gasteiger partial charge in [0.2, 0.25) is 5.91 Å². The minimum absolute atomic E-state index is 0.148. The quantitative estimate of drug-likeness (QED) is 0.795. The van der Waals surface area contributed by atoms with E-state index in [9.17, 15) is 9.59 Å². The van der Waals surface area contributed by atoms with E-state index in [0.717, 1.165) is 25.7 Å². The van der Waals surface area contributed by atoms with Gasteiger partial charge in [0, 0.05) is 17.6 Å². The van der Waals surface area contributed by atoms with E-state index in [1.807, 2.05) is 0 Å². The molecule has 0 aromatic heterocycles. The van der Waals surface area contributed by atoms with Gasteiger partial charge in [-0.3, -0.25) is 4.79 Å². The molecule has 114 valence electrons. The van der Waals surface area contributed by atoms with Crippen molar-refractivity contribution in [2.24, 2.45) is 5.73 Å². The Kier molecular flexibility index (Phi) is 4.63. The number of anilines is 1. The molecule has 0 radical (unpaired) electrons. The first-order chi connectivity index (χ1) is 9.91. The number of nitrogens with one attached hydrogen (secondary N) is 1. The predicted octanol–water partition coefficient (Wildman–Crippen LogP) is 2.68. The minimum Gasteiger partial charge on any atom is -0.478 e. The van der Waals surface area contributed by atoms with E-state index in [1.54, 1.807) is 19.1 Å². The first-order valence-electron chi connectivity index (χ1n) is 7.33. The smallest absolute Gasteiger partial charge is 0.336 e. The second kappa shape index (κ2) is 6.26. The zero-order valence-electron chi connectivity index (χ0n) is 12.3. The normalized spacial score (nSPS) is 17.2. The van der Waals surface area contributed by atoms with Gasteiger partial charge in [-0.25, -0.2) is 4.79 Å². The van der Waals surface area contributed by atoms with Crippen LogP contribution in [0.1, 0.15) is 54.4 Å². The molecule has 0 aliphatic heterocycles. The predicted molar refractivity (Wildman–Crippen MR) is 81.4 cm³/mol. The van der Waals surface area contributed by atoms with Crippen LogP contribution in [0.2, 0.25) is 0 Å². The van der Waals surface area contributed by atoms with Crippen LogP contribution in [0.25, 0.3) is 0 Å².